The molecule has 1 rings (SSSR count). The van der Waals surface area contributed by atoms with E-state index in [-0.39, 0.29) is 24.0 Å². The van der Waals surface area contributed by atoms with E-state index < -0.39 is 0 Å². The van der Waals surface area contributed by atoms with Crippen molar-refractivity contribution in [2.24, 2.45) is 0 Å². The SMILES string of the molecule is CC(C)(C)[NH2+]CCc1ccccn1.[I-]. The summed E-state index contributed by atoms with van der Waals surface area (Å²) < 4.78 is 0. The minimum absolute atomic E-state index is 0. The summed E-state index contributed by atoms with van der Waals surface area (Å²) in [5.74, 6) is 0. The molecule has 0 fully saturated rings. The summed E-state index contributed by atoms with van der Waals surface area (Å²) in [7, 11) is 0. The normalized spacial score (nSPS) is 10.8. The Balaban J connectivity index is 0.00000169. The van der Waals surface area contributed by atoms with E-state index in [1.807, 2.05) is 18.3 Å². The molecule has 2 nitrogen and oxygen atoms in total. The minimum Gasteiger partial charge on any atom is -1.00 e. The van der Waals surface area contributed by atoms with Gasteiger partial charge in [-0.1, -0.05) is 6.07 Å². The summed E-state index contributed by atoms with van der Waals surface area (Å²) in [6.45, 7) is 7.79. The van der Waals surface area contributed by atoms with Crippen molar-refractivity contribution in [2.45, 2.75) is 32.7 Å². The van der Waals surface area contributed by atoms with E-state index in [0.717, 1.165) is 13.0 Å². The van der Waals surface area contributed by atoms with Gasteiger partial charge in [-0.15, -0.1) is 0 Å². The van der Waals surface area contributed by atoms with E-state index in [4.69, 9.17) is 0 Å². The molecule has 0 aliphatic rings. The predicted molar refractivity (Wildman–Crippen MR) is 54.5 cm³/mol. The third-order valence-electron chi connectivity index (χ3n) is 1.88. The first-order valence-electron chi connectivity index (χ1n) is 4.82. The highest BCUT2D eigenvalue weighted by molar-refractivity contribution is 5.03. The molecule has 3 heteroatoms. The van der Waals surface area contributed by atoms with Crippen LogP contribution in [0.4, 0.5) is 0 Å². The Hall–Kier alpha value is -0.160. The first kappa shape index (κ1) is 13.8. The summed E-state index contributed by atoms with van der Waals surface area (Å²) in [6.07, 6.45) is 2.91. The van der Waals surface area contributed by atoms with Crippen molar-refractivity contribution < 1.29 is 29.3 Å². The van der Waals surface area contributed by atoms with Gasteiger partial charge in [0.2, 0.25) is 0 Å². The van der Waals surface area contributed by atoms with Crippen LogP contribution in [0.2, 0.25) is 0 Å². The van der Waals surface area contributed by atoms with Gasteiger partial charge in [0.05, 0.1) is 12.1 Å². The second-order valence-electron chi connectivity index (χ2n) is 4.43. The first-order chi connectivity index (χ1) is 6.08. The molecule has 0 aromatic carbocycles. The van der Waals surface area contributed by atoms with Crippen LogP contribution in [0.25, 0.3) is 0 Å². The standard InChI is InChI=1S/C11H18N2.HI/c1-11(2,3)13-9-7-10-6-4-5-8-12-10;/h4-6,8,13H,7,9H2,1-3H3;1H. The Bertz CT molecular complexity index is 241. The number of quaternary nitrogens is 1. The van der Waals surface area contributed by atoms with Crippen LogP contribution < -0.4 is 29.3 Å². The van der Waals surface area contributed by atoms with E-state index >= 15 is 0 Å². The highest BCUT2D eigenvalue weighted by Gasteiger charge is 2.11. The lowest BCUT2D eigenvalue weighted by Crippen LogP contribution is -3.00. The van der Waals surface area contributed by atoms with Crippen LogP contribution in [0.1, 0.15) is 26.5 Å². The van der Waals surface area contributed by atoms with Crippen molar-refractivity contribution >= 4 is 0 Å². The van der Waals surface area contributed by atoms with Crippen LogP contribution >= 0.6 is 0 Å². The quantitative estimate of drug-likeness (QED) is 0.643. The molecule has 1 heterocycles. The van der Waals surface area contributed by atoms with Gasteiger partial charge >= 0.3 is 0 Å². The zero-order valence-corrected chi connectivity index (χ0v) is 11.3. The zero-order chi connectivity index (χ0) is 9.73. The van der Waals surface area contributed by atoms with Gasteiger partial charge in [-0.3, -0.25) is 4.98 Å². The predicted octanol–water partition coefficient (Wildman–Crippen LogP) is -2.01. The average molecular weight is 306 g/mol. The third-order valence-corrected chi connectivity index (χ3v) is 1.88. The van der Waals surface area contributed by atoms with Crippen LogP contribution in [-0.4, -0.2) is 17.1 Å². The molecular weight excluding hydrogens is 287 g/mol. The van der Waals surface area contributed by atoms with Crippen LogP contribution in [-0.2, 0) is 6.42 Å². The smallest absolute Gasteiger partial charge is 0.0876 e. The van der Waals surface area contributed by atoms with Gasteiger partial charge in [-0.2, -0.15) is 0 Å². The summed E-state index contributed by atoms with van der Waals surface area (Å²) in [5.41, 5.74) is 1.51. The first-order valence-corrected chi connectivity index (χ1v) is 4.82. The molecule has 0 saturated heterocycles. The third kappa shape index (κ3) is 6.32. The molecule has 0 saturated carbocycles. The largest absolute Gasteiger partial charge is 1.00 e. The van der Waals surface area contributed by atoms with E-state index in [1.165, 1.54) is 5.69 Å². The van der Waals surface area contributed by atoms with Crippen molar-refractivity contribution in [2.75, 3.05) is 6.54 Å². The van der Waals surface area contributed by atoms with Gasteiger partial charge < -0.3 is 29.3 Å². The second-order valence-corrected chi connectivity index (χ2v) is 4.43. The van der Waals surface area contributed by atoms with Gasteiger partial charge in [0, 0.05) is 18.3 Å². The molecular formula is C11H19IN2. The van der Waals surface area contributed by atoms with Gasteiger partial charge in [0.15, 0.2) is 0 Å². The van der Waals surface area contributed by atoms with Crippen LogP contribution in [0.5, 0.6) is 0 Å². The molecule has 0 spiro atoms. The maximum Gasteiger partial charge on any atom is 0.0876 e. The van der Waals surface area contributed by atoms with Crippen molar-refractivity contribution in [1.29, 1.82) is 0 Å². The molecule has 0 atom stereocenters. The number of hydrogen-bond donors (Lipinski definition) is 1. The molecule has 0 unspecified atom stereocenters. The van der Waals surface area contributed by atoms with Gasteiger partial charge in [-0.05, 0) is 32.9 Å². The number of nitrogens with zero attached hydrogens (tertiary/aromatic N) is 1. The minimum atomic E-state index is 0. The maximum atomic E-state index is 4.28. The Morgan fingerprint density at radius 3 is 2.50 bits per heavy atom. The van der Waals surface area contributed by atoms with Crippen LogP contribution in [0.15, 0.2) is 24.4 Å². The Morgan fingerprint density at radius 2 is 2.00 bits per heavy atom. The van der Waals surface area contributed by atoms with E-state index in [1.54, 1.807) is 0 Å². The average Bonchev–Trinajstić information content (AvgIpc) is 2.04. The summed E-state index contributed by atoms with van der Waals surface area (Å²) in [5, 5.41) is 2.35. The fourth-order valence-corrected chi connectivity index (χ4v) is 1.20. The molecule has 80 valence electrons. The number of pyridine rings is 1. The number of hydrogen-bond acceptors (Lipinski definition) is 1. The molecule has 1 aromatic rings. The van der Waals surface area contributed by atoms with Crippen molar-refractivity contribution in [3.8, 4) is 0 Å². The molecule has 1 aromatic heterocycles. The van der Waals surface area contributed by atoms with Gasteiger partial charge in [0.1, 0.15) is 0 Å². The fourth-order valence-electron chi connectivity index (χ4n) is 1.20. The summed E-state index contributed by atoms with van der Waals surface area (Å²) in [4.78, 5) is 4.28. The monoisotopic (exact) mass is 306 g/mol. The van der Waals surface area contributed by atoms with Gasteiger partial charge in [-0.25, -0.2) is 0 Å². The van der Waals surface area contributed by atoms with Crippen molar-refractivity contribution in [1.82, 2.24) is 4.98 Å². The van der Waals surface area contributed by atoms with Crippen molar-refractivity contribution in [3.63, 3.8) is 0 Å². The Morgan fingerprint density at radius 1 is 1.29 bits per heavy atom. The van der Waals surface area contributed by atoms with Crippen LogP contribution in [0.3, 0.4) is 0 Å². The Labute approximate surface area is 104 Å². The van der Waals surface area contributed by atoms with E-state index in [2.05, 4.69) is 37.1 Å². The Kier molecular flexibility index (Phi) is 6.27. The summed E-state index contributed by atoms with van der Waals surface area (Å²) in [6, 6.07) is 6.08. The number of aromatic nitrogens is 1. The van der Waals surface area contributed by atoms with Crippen LogP contribution in [0, 0.1) is 0 Å². The molecule has 0 aliphatic heterocycles. The van der Waals surface area contributed by atoms with E-state index in [9.17, 15) is 0 Å². The van der Waals surface area contributed by atoms with E-state index in [0.29, 0.717) is 5.54 Å². The van der Waals surface area contributed by atoms with Crippen molar-refractivity contribution in [3.05, 3.63) is 30.1 Å². The lowest BCUT2D eigenvalue weighted by molar-refractivity contribution is -0.716. The second kappa shape index (κ2) is 6.35. The molecule has 0 amide bonds. The summed E-state index contributed by atoms with van der Waals surface area (Å²) >= 11 is 0. The van der Waals surface area contributed by atoms with Gasteiger partial charge in [0.25, 0.3) is 0 Å². The molecule has 0 bridgehead atoms. The molecule has 14 heavy (non-hydrogen) atoms. The topological polar surface area (TPSA) is 29.5 Å². The number of halogens is 1. The zero-order valence-electron chi connectivity index (χ0n) is 9.13. The fraction of sp³-hybridized carbons (Fsp3) is 0.545. The highest BCUT2D eigenvalue weighted by atomic mass is 127. The number of nitrogens with two attached hydrogens (primary N) is 1. The molecule has 2 N–H and O–H groups in total. The molecule has 0 aliphatic carbocycles. The number of rotatable bonds is 3. The maximum absolute atomic E-state index is 4.28. The molecule has 0 radical (unpaired) electrons. The lowest BCUT2D eigenvalue weighted by atomic mass is 10.1. The lowest BCUT2D eigenvalue weighted by Gasteiger charge is -2.16. The highest BCUT2D eigenvalue weighted by Crippen LogP contribution is 1.93.